The predicted molar refractivity (Wildman–Crippen MR) is 117 cm³/mol. The van der Waals surface area contributed by atoms with Gasteiger partial charge in [0.05, 0.1) is 35.7 Å². The van der Waals surface area contributed by atoms with Crippen LogP contribution in [0.1, 0.15) is 38.2 Å². The number of esters is 2. The normalized spacial score (nSPS) is 17.7. The number of benzene rings is 1. The van der Waals surface area contributed by atoms with Gasteiger partial charge in [0.2, 0.25) is 0 Å². The van der Waals surface area contributed by atoms with Crippen LogP contribution in [0.5, 0.6) is 0 Å². The summed E-state index contributed by atoms with van der Waals surface area (Å²) in [6, 6.07) is 5.90. The van der Waals surface area contributed by atoms with Crippen molar-refractivity contribution in [3.63, 3.8) is 0 Å². The number of non-ortho nitro benzene ring substituents is 1. The maximum absolute atomic E-state index is 13.1. The quantitative estimate of drug-likeness (QED) is 0.218. The summed E-state index contributed by atoms with van der Waals surface area (Å²) in [4.78, 5) is 36.5. The number of carbonyl (C=O) groups excluding carboxylic acids is 2. The maximum atomic E-state index is 13.1. The fourth-order valence-corrected chi connectivity index (χ4v) is 3.91. The number of nitro groups is 1. The molecular weight excluding hydrogens is 414 g/mol. The SMILES string of the molecule is COC(=O)C1=C(C)NC(C)=C(C(=O)OCCC[N+]2=CCC=C2)[C@H]1c1cccc([N+](=O)[O-])c1. The second-order valence-corrected chi connectivity index (χ2v) is 7.51. The van der Waals surface area contributed by atoms with Crippen LogP contribution in [0.15, 0.2) is 59.1 Å². The minimum absolute atomic E-state index is 0.136. The van der Waals surface area contributed by atoms with Crippen LogP contribution in [0.25, 0.3) is 0 Å². The summed E-state index contributed by atoms with van der Waals surface area (Å²) < 4.78 is 12.5. The summed E-state index contributed by atoms with van der Waals surface area (Å²) in [5.41, 5.74) is 1.77. The Labute approximate surface area is 185 Å². The number of methoxy groups -OCH3 is 1. The van der Waals surface area contributed by atoms with E-state index in [1.165, 1.54) is 25.3 Å². The lowest BCUT2D eigenvalue weighted by Crippen LogP contribution is -2.32. The molecule has 9 heteroatoms. The third-order valence-electron chi connectivity index (χ3n) is 5.37. The highest BCUT2D eigenvalue weighted by Crippen LogP contribution is 2.40. The largest absolute Gasteiger partial charge is 0.466 e. The Kier molecular flexibility index (Phi) is 7.19. The number of dihydropyridines is 1. The average molecular weight is 440 g/mol. The highest BCUT2D eigenvalue weighted by Gasteiger charge is 2.38. The minimum Gasteiger partial charge on any atom is -0.466 e. The van der Waals surface area contributed by atoms with E-state index in [0.717, 1.165) is 13.0 Å². The Morgan fingerprint density at radius 2 is 1.94 bits per heavy atom. The first-order valence-electron chi connectivity index (χ1n) is 10.3. The molecule has 32 heavy (non-hydrogen) atoms. The summed E-state index contributed by atoms with van der Waals surface area (Å²) in [6.45, 7) is 4.33. The standard InChI is InChI=1S/C23H25N3O6/c1-15-19(22(27)31-3)21(17-8-6-9-18(14-17)26(29)30)20(16(2)24-15)23(28)32-13-7-12-25-10-4-5-11-25/h4,6,8-11,14,21H,5,7,12-13H2,1-3H3/p+1/t21-/m0/s1. The number of ether oxygens (including phenoxy) is 2. The van der Waals surface area contributed by atoms with Crippen LogP contribution >= 0.6 is 0 Å². The van der Waals surface area contributed by atoms with E-state index in [2.05, 4.69) is 5.32 Å². The smallest absolute Gasteiger partial charge is 0.336 e. The molecule has 2 aliphatic heterocycles. The van der Waals surface area contributed by atoms with Gasteiger partial charge in [-0.05, 0) is 25.5 Å². The van der Waals surface area contributed by atoms with E-state index < -0.39 is 22.8 Å². The van der Waals surface area contributed by atoms with E-state index in [1.54, 1.807) is 19.9 Å². The van der Waals surface area contributed by atoms with Crippen molar-refractivity contribution in [2.24, 2.45) is 0 Å². The van der Waals surface area contributed by atoms with Crippen LogP contribution in [0.3, 0.4) is 0 Å². The van der Waals surface area contributed by atoms with Crippen molar-refractivity contribution in [3.8, 4) is 0 Å². The van der Waals surface area contributed by atoms with Gasteiger partial charge < -0.3 is 14.8 Å². The van der Waals surface area contributed by atoms with Crippen LogP contribution in [-0.2, 0) is 19.1 Å². The molecule has 0 radical (unpaired) electrons. The highest BCUT2D eigenvalue weighted by molar-refractivity contribution is 5.99. The van der Waals surface area contributed by atoms with E-state index in [9.17, 15) is 19.7 Å². The van der Waals surface area contributed by atoms with Gasteiger partial charge in [0.15, 0.2) is 12.7 Å². The fraction of sp³-hybridized carbons (Fsp3) is 0.348. The van der Waals surface area contributed by atoms with Gasteiger partial charge in [-0.3, -0.25) is 10.1 Å². The molecule has 2 heterocycles. The van der Waals surface area contributed by atoms with Crippen molar-refractivity contribution in [2.45, 2.75) is 32.6 Å². The fourth-order valence-electron chi connectivity index (χ4n) is 3.91. The molecule has 0 bridgehead atoms. The molecule has 0 aromatic heterocycles. The highest BCUT2D eigenvalue weighted by atomic mass is 16.6. The van der Waals surface area contributed by atoms with Gasteiger partial charge in [-0.25, -0.2) is 14.2 Å². The molecule has 1 N–H and O–H groups in total. The zero-order valence-electron chi connectivity index (χ0n) is 18.3. The molecule has 9 nitrogen and oxygen atoms in total. The molecule has 0 unspecified atom stereocenters. The number of nitro benzene ring substituents is 1. The number of nitrogens with zero attached hydrogens (tertiary/aromatic N) is 2. The molecule has 0 fully saturated rings. The molecule has 0 spiro atoms. The number of hydrogen-bond acceptors (Lipinski definition) is 7. The van der Waals surface area contributed by atoms with E-state index in [4.69, 9.17) is 9.47 Å². The molecule has 0 aliphatic carbocycles. The summed E-state index contributed by atoms with van der Waals surface area (Å²) >= 11 is 0. The molecule has 1 aromatic carbocycles. The molecule has 2 aliphatic rings. The van der Waals surface area contributed by atoms with Gasteiger partial charge in [0.1, 0.15) is 6.21 Å². The summed E-state index contributed by atoms with van der Waals surface area (Å²) in [5, 5.41) is 14.4. The van der Waals surface area contributed by atoms with E-state index in [1.807, 2.05) is 23.1 Å². The summed E-state index contributed by atoms with van der Waals surface area (Å²) in [6.07, 6.45) is 7.60. The average Bonchev–Trinajstić information content (AvgIpc) is 3.29. The first kappa shape index (κ1) is 22.9. The van der Waals surface area contributed by atoms with Gasteiger partial charge in [0.25, 0.3) is 5.69 Å². The van der Waals surface area contributed by atoms with E-state index in [-0.39, 0.29) is 23.4 Å². The lowest BCUT2D eigenvalue weighted by molar-refractivity contribution is -0.450. The molecule has 1 atom stereocenters. The van der Waals surface area contributed by atoms with Crippen LogP contribution < -0.4 is 5.32 Å². The third kappa shape index (κ3) is 4.93. The Morgan fingerprint density at radius 3 is 2.56 bits per heavy atom. The first-order chi connectivity index (χ1) is 15.3. The second kappa shape index (κ2) is 10.0. The van der Waals surface area contributed by atoms with Crippen molar-refractivity contribution in [1.29, 1.82) is 0 Å². The number of nitrogens with one attached hydrogen (secondary N) is 1. The third-order valence-corrected chi connectivity index (χ3v) is 5.37. The Balaban J connectivity index is 1.90. The Hall–Kier alpha value is -3.75. The van der Waals surface area contributed by atoms with Crippen LogP contribution in [0, 0.1) is 10.1 Å². The van der Waals surface area contributed by atoms with Gasteiger partial charge in [-0.15, -0.1) is 0 Å². The molecule has 0 saturated heterocycles. The molecule has 3 rings (SSSR count). The van der Waals surface area contributed by atoms with Crippen LogP contribution in [0.4, 0.5) is 5.69 Å². The number of carbonyl (C=O) groups is 2. The molecule has 0 saturated carbocycles. The number of rotatable bonds is 8. The first-order valence-corrected chi connectivity index (χ1v) is 10.3. The van der Waals surface area contributed by atoms with Crippen molar-refractivity contribution in [2.75, 3.05) is 20.3 Å². The van der Waals surface area contributed by atoms with Crippen LogP contribution in [-0.4, -0.2) is 47.9 Å². The second-order valence-electron chi connectivity index (χ2n) is 7.51. The Bertz CT molecular complexity index is 1070. The monoisotopic (exact) mass is 440 g/mol. The molecule has 168 valence electrons. The summed E-state index contributed by atoms with van der Waals surface area (Å²) in [5.74, 6) is -2.06. The lowest BCUT2D eigenvalue weighted by atomic mass is 9.80. The molecule has 0 amide bonds. The van der Waals surface area contributed by atoms with Gasteiger partial charge in [-0.1, -0.05) is 12.1 Å². The van der Waals surface area contributed by atoms with Gasteiger partial charge in [-0.2, -0.15) is 0 Å². The lowest BCUT2D eigenvalue weighted by Gasteiger charge is -2.30. The topological polar surface area (TPSA) is 111 Å². The predicted octanol–water partition coefficient (Wildman–Crippen LogP) is 2.94. The van der Waals surface area contributed by atoms with E-state index in [0.29, 0.717) is 23.4 Å². The number of allylic oxidation sites excluding steroid dienone is 3. The Morgan fingerprint density at radius 1 is 1.22 bits per heavy atom. The van der Waals surface area contributed by atoms with Crippen molar-refractivity contribution in [3.05, 3.63) is 74.8 Å². The molecule has 1 aromatic rings. The zero-order chi connectivity index (χ0) is 23.3. The van der Waals surface area contributed by atoms with Gasteiger partial charge in [0, 0.05) is 36.4 Å². The zero-order valence-corrected chi connectivity index (χ0v) is 18.3. The number of hydrogen-bond donors (Lipinski definition) is 1. The minimum atomic E-state index is -0.856. The van der Waals surface area contributed by atoms with E-state index >= 15 is 0 Å². The molecular formula is C23H26N3O6+. The van der Waals surface area contributed by atoms with Crippen molar-refractivity contribution in [1.82, 2.24) is 5.32 Å². The van der Waals surface area contributed by atoms with Gasteiger partial charge >= 0.3 is 11.9 Å². The maximum Gasteiger partial charge on any atom is 0.336 e. The van der Waals surface area contributed by atoms with Crippen molar-refractivity contribution < 1.29 is 28.6 Å². The van der Waals surface area contributed by atoms with Crippen molar-refractivity contribution >= 4 is 23.8 Å². The van der Waals surface area contributed by atoms with Crippen LogP contribution in [0.2, 0.25) is 0 Å². The summed E-state index contributed by atoms with van der Waals surface area (Å²) in [7, 11) is 1.25.